The first kappa shape index (κ1) is 13.3. The molecule has 0 saturated heterocycles. The van der Waals surface area contributed by atoms with E-state index in [0.717, 1.165) is 11.3 Å². The summed E-state index contributed by atoms with van der Waals surface area (Å²) < 4.78 is 1.55. The standard InChI is InChI=1S/C15H18N2O2/c1-15(2,3)13-9-12(14(18)19)17(16-13)10-11-7-5-4-6-8-11/h4-9H,10H2,1-3H3,(H,18,19). The average Bonchev–Trinajstić information content (AvgIpc) is 2.74. The Labute approximate surface area is 112 Å². The molecule has 1 aromatic carbocycles. The second-order valence-corrected chi connectivity index (χ2v) is 5.61. The number of hydrogen-bond acceptors (Lipinski definition) is 2. The molecule has 0 unspecified atom stereocenters. The van der Waals surface area contributed by atoms with Crippen molar-refractivity contribution < 1.29 is 9.90 Å². The molecule has 0 saturated carbocycles. The molecular weight excluding hydrogens is 240 g/mol. The minimum absolute atomic E-state index is 0.161. The zero-order valence-corrected chi connectivity index (χ0v) is 11.4. The van der Waals surface area contributed by atoms with Gasteiger partial charge in [-0.05, 0) is 11.6 Å². The van der Waals surface area contributed by atoms with Crippen molar-refractivity contribution in [2.45, 2.75) is 32.7 Å². The Bertz CT molecular complexity index is 580. The van der Waals surface area contributed by atoms with Crippen molar-refractivity contribution in [3.63, 3.8) is 0 Å². The van der Waals surface area contributed by atoms with Crippen molar-refractivity contribution in [1.82, 2.24) is 9.78 Å². The molecule has 0 fully saturated rings. The lowest BCUT2D eigenvalue weighted by Gasteiger charge is -2.14. The molecule has 0 bridgehead atoms. The van der Waals surface area contributed by atoms with Gasteiger partial charge in [0, 0.05) is 5.41 Å². The highest BCUT2D eigenvalue weighted by molar-refractivity contribution is 5.85. The molecule has 2 rings (SSSR count). The van der Waals surface area contributed by atoms with Crippen molar-refractivity contribution >= 4 is 5.97 Å². The van der Waals surface area contributed by atoms with Crippen LogP contribution in [0, 0.1) is 0 Å². The average molecular weight is 258 g/mol. The molecule has 4 heteroatoms. The van der Waals surface area contributed by atoms with Gasteiger partial charge in [-0.2, -0.15) is 5.10 Å². The number of aromatic nitrogens is 2. The number of nitrogens with zero attached hydrogens (tertiary/aromatic N) is 2. The van der Waals surface area contributed by atoms with E-state index in [2.05, 4.69) is 5.10 Å². The first-order chi connectivity index (χ1) is 8.88. The third kappa shape index (κ3) is 3.02. The zero-order chi connectivity index (χ0) is 14.0. The van der Waals surface area contributed by atoms with Crippen molar-refractivity contribution in [3.05, 3.63) is 53.3 Å². The molecule has 2 aromatic rings. The van der Waals surface area contributed by atoms with Gasteiger partial charge >= 0.3 is 5.97 Å². The highest BCUT2D eigenvalue weighted by Gasteiger charge is 2.22. The van der Waals surface area contributed by atoms with Gasteiger partial charge in [0.2, 0.25) is 0 Å². The van der Waals surface area contributed by atoms with Gasteiger partial charge in [0.1, 0.15) is 5.69 Å². The van der Waals surface area contributed by atoms with Gasteiger partial charge in [0.15, 0.2) is 0 Å². The molecular formula is C15H18N2O2. The fourth-order valence-corrected chi connectivity index (χ4v) is 1.83. The normalized spacial score (nSPS) is 11.5. The number of carboxylic acid groups (broad SMARTS) is 1. The molecule has 4 nitrogen and oxygen atoms in total. The molecule has 0 atom stereocenters. The molecule has 1 aromatic heterocycles. The van der Waals surface area contributed by atoms with Crippen molar-refractivity contribution in [1.29, 1.82) is 0 Å². The third-order valence-electron chi connectivity index (χ3n) is 2.94. The van der Waals surface area contributed by atoms with E-state index < -0.39 is 5.97 Å². The Morgan fingerprint density at radius 1 is 1.26 bits per heavy atom. The SMILES string of the molecule is CC(C)(C)c1cc(C(=O)O)n(Cc2ccccc2)n1. The first-order valence-corrected chi connectivity index (χ1v) is 6.23. The van der Waals surface area contributed by atoms with Crippen LogP contribution in [0.3, 0.4) is 0 Å². The van der Waals surface area contributed by atoms with Crippen LogP contribution in [0.15, 0.2) is 36.4 Å². The molecule has 1 N–H and O–H groups in total. The third-order valence-corrected chi connectivity index (χ3v) is 2.94. The molecule has 0 radical (unpaired) electrons. The van der Waals surface area contributed by atoms with E-state index in [1.807, 2.05) is 51.1 Å². The Kier molecular flexibility index (Phi) is 3.42. The first-order valence-electron chi connectivity index (χ1n) is 6.23. The summed E-state index contributed by atoms with van der Waals surface area (Å²) in [5.74, 6) is -0.945. The van der Waals surface area contributed by atoms with Crippen LogP contribution in [0.4, 0.5) is 0 Å². The summed E-state index contributed by atoms with van der Waals surface area (Å²) in [5, 5.41) is 13.7. The van der Waals surface area contributed by atoms with Crippen LogP contribution in [0.1, 0.15) is 42.5 Å². The van der Waals surface area contributed by atoms with E-state index in [9.17, 15) is 9.90 Å². The molecule has 0 aliphatic rings. The summed E-state index contributed by atoms with van der Waals surface area (Å²) in [7, 11) is 0. The van der Waals surface area contributed by atoms with E-state index >= 15 is 0 Å². The Hall–Kier alpha value is -2.10. The van der Waals surface area contributed by atoms with Crippen LogP contribution in [-0.2, 0) is 12.0 Å². The maximum absolute atomic E-state index is 11.3. The van der Waals surface area contributed by atoms with Crippen LogP contribution in [0.25, 0.3) is 0 Å². The summed E-state index contributed by atoms with van der Waals surface area (Å²) in [5.41, 5.74) is 1.90. The van der Waals surface area contributed by atoms with Crippen molar-refractivity contribution in [2.75, 3.05) is 0 Å². The highest BCUT2D eigenvalue weighted by Crippen LogP contribution is 2.22. The zero-order valence-electron chi connectivity index (χ0n) is 11.4. The number of hydrogen-bond donors (Lipinski definition) is 1. The fraction of sp³-hybridized carbons (Fsp3) is 0.333. The van der Waals surface area contributed by atoms with Gasteiger partial charge < -0.3 is 5.11 Å². The lowest BCUT2D eigenvalue weighted by molar-refractivity contribution is 0.0684. The predicted molar refractivity (Wildman–Crippen MR) is 73.4 cm³/mol. The highest BCUT2D eigenvalue weighted by atomic mass is 16.4. The second kappa shape index (κ2) is 4.88. The molecule has 100 valence electrons. The van der Waals surface area contributed by atoms with E-state index in [1.165, 1.54) is 0 Å². The smallest absolute Gasteiger partial charge is 0.354 e. The second-order valence-electron chi connectivity index (χ2n) is 5.61. The number of carbonyl (C=O) groups is 1. The van der Waals surface area contributed by atoms with Gasteiger partial charge in [0.25, 0.3) is 0 Å². The summed E-state index contributed by atoms with van der Waals surface area (Å²) in [6, 6.07) is 11.4. The van der Waals surface area contributed by atoms with Crippen LogP contribution in [-0.4, -0.2) is 20.9 Å². The van der Waals surface area contributed by atoms with Gasteiger partial charge in [-0.1, -0.05) is 51.1 Å². The lowest BCUT2D eigenvalue weighted by Crippen LogP contribution is -2.14. The number of aromatic carboxylic acids is 1. The van der Waals surface area contributed by atoms with Gasteiger partial charge in [0.05, 0.1) is 12.2 Å². The summed E-state index contributed by atoms with van der Waals surface area (Å²) in [6.45, 7) is 6.54. The number of benzene rings is 1. The lowest BCUT2D eigenvalue weighted by atomic mass is 9.92. The molecule has 0 spiro atoms. The monoisotopic (exact) mass is 258 g/mol. The Balaban J connectivity index is 2.39. The Morgan fingerprint density at radius 3 is 2.42 bits per heavy atom. The summed E-state index contributed by atoms with van der Waals surface area (Å²) >= 11 is 0. The van der Waals surface area contributed by atoms with E-state index in [0.29, 0.717) is 6.54 Å². The van der Waals surface area contributed by atoms with Gasteiger partial charge in [-0.15, -0.1) is 0 Å². The van der Waals surface area contributed by atoms with E-state index in [4.69, 9.17) is 0 Å². The molecule has 0 aliphatic heterocycles. The van der Waals surface area contributed by atoms with E-state index in [1.54, 1.807) is 10.7 Å². The minimum Gasteiger partial charge on any atom is -0.477 e. The molecule has 19 heavy (non-hydrogen) atoms. The molecule has 0 aliphatic carbocycles. The summed E-state index contributed by atoms with van der Waals surface area (Å²) in [6.07, 6.45) is 0. The molecule has 1 heterocycles. The van der Waals surface area contributed by atoms with Crippen LogP contribution < -0.4 is 0 Å². The van der Waals surface area contributed by atoms with Crippen LogP contribution in [0.5, 0.6) is 0 Å². The summed E-state index contributed by atoms with van der Waals surface area (Å²) in [4.78, 5) is 11.3. The van der Waals surface area contributed by atoms with Crippen molar-refractivity contribution in [3.8, 4) is 0 Å². The maximum Gasteiger partial charge on any atom is 0.354 e. The quantitative estimate of drug-likeness (QED) is 0.921. The number of carboxylic acids is 1. The largest absolute Gasteiger partial charge is 0.477 e. The van der Waals surface area contributed by atoms with E-state index in [-0.39, 0.29) is 11.1 Å². The topological polar surface area (TPSA) is 55.1 Å². The fourth-order valence-electron chi connectivity index (χ4n) is 1.83. The van der Waals surface area contributed by atoms with Crippen LogP contribution in [0.2, 0.25) is 0 Å². The van der Waals surface area contributed by atoms with Gasteiger partial charge in [-0.3, -0.25) is 4.68 Å². The van der Waals surface area contributed by atoms with Crippen molar-refractivity contribution in [2.24, 2.45) is 0 Å². The predicted octanol–water partition coefficient (Wildman–Crippen LogP) is 2.93. The van der Waals surface area contributed by atoms with Crippen LogP contribution >= 0.6 is 0 Å². The Morgan fingerprint density at radius 2 is 1.89 bits per heavy atom. The number of rotatable bonds is 3. The maximum atomic E-state index is 11.3. The van der Waals surface area contributed by atoms with Gasteiger partial charge in [-0.25, -0.2) is 4.79 Å². The minimum atomic E-state index is -0.945. The molecule has 0 amide bonds.